The van der Waals surface area contributed by atoms with Crippen LogP contribution in [0.4, 0.5) is 0 Å². The molecule has 0 spiro atoms. The molecule has 1 saturated heterocycles. The van der Waals surface area contributed by atoms with Gasteiger partial charge in [-0.2, -0.15) is 0 Å². The molecular weight excluding hydrogens is 380 g/mol. The van der Waals surface area contributed by atoms with E-state index in [0.29, 0.717) is 31.7 Å². The summed E-state index contributed by atoms with van der Waals surface area (Å²) >= 11 is 0. The van der Waals surface area contributed by atoms with Crippen LogP contribution in [0.3, 0.4) is 0 Å². The summed E-state index contributed by atoms with van der Waals surface area (Å²) in [6.07, 6.45) is 0.765. The van der Waals surface area contributed by atoms with Gasteiger partial charge < -0.3 is 9.80 Å². The molecule has 28 heavy (non-hydrogen) atoms. The number of nitrogens with one attached hydrogen (secondary N) is 1. The van der Waals surface area contributed by atoms with Crippen molar-refractivity contribution in [1.82, 2.24) is 19.4 Å². The Morgan fingerprint density at radius 1 is 1.14 bits per heavy atom. The van der Waals surface area contributed by atoms with Crippen LogP contribution < -0.4 is 4.72 Å². The van der Waals surface area contributed by atoms with Crippen LogP contribution >= 0.6 is 0 Å². The van der Waals surface area contributed by atoms with E-state index in [0.717, 1.165) is 18.5 Å². The van der Waals surface area contributed by atoms with Gasteiger partial charge in [-0.15, -0.1) is 0 Å². The van der Waals surface area contributed by atoms with Gasteiger partial charge in [0.1, 0.15) is 0 Å². The van der Waals surface area contributed by atoms with Crippen molar-refractivity contribution in [1.29, 1.82) is 0 Å². The lowest BCUT2D eigenvalue weighted by Gasteiger charge is -2.23. The summed E-state index contributed by atoms with van der Waals surface area (Å²) in [5.74, 6) is -0.135. The van der Waals surface area contributed by atoms with Crippen LogP contribution in [0.25, 0.3) is 0 Å². The number of benzene rings is 1. The Morgan fingerprint density at radius 2 is 1.86 bits per heavy atom. The number of amides is 2. The van der Waals surface area contributed by atoms with E-state index in [4.69, 9.17) is 0 Å². The van der Waals surface area contributed by atoms with E-state index in [2.05, 4.69) is 9.62 Å². The van der Waals surface area contributed by atoms with Gasteiger partial charge in [0.2, 0.25) is 15.9 Å². The smallest absolute Gasteiger partial charge is 0.254 e. The number of sulfonamides is 1. The maximum atomic E-state index is 13.1. The number of hydrogen-bond acceptors (Lipinski definition) is 5. The molecule has 1 aromatic rings. The first kappa shape index (κ1) is 22.3. The Hall–Kier alpha value is -1.97. The van der Waals surface area contributed by atoms with Gasteiger partial charge in [0.05, 0.1) is 11.4 Å². The predicted molar refractivity (Wildman–Crippen MR) is 108 cm³/mol. The van der Waals surface area contributed by atoms with Crippen LogP contribution in [0.2, 0.25) is 0 Å². The second kappa shape index (κ2) is 9.49. The van der Waals surface area contributed by atoms with E-state index in [9.17, 15) is 18.0 Å². The van der Waals surface area contributed by atoms with E-state index < -0.39 is 10.0 Å². The minimum Gasteiger partial charge on any atom is -0.348 e. The second-order valence-electron chi connectivity index (χ2n) is 7.19. The number of hydrogen-bond donors (Lipinski definition) is 1. The van der Waals surface area contributed by atoms with Crippen molar-refractivity contribution in [3.05, 3.63) is 29.3 Å². The average Bonchev–Trinajstić information content (AvgIpc) is 2.86. The van der Waals surface area contributed by atoms with E-state index in [1.54, 1.807) is 43.8 Å². The Labute approximate surface area is 167 Å². The topological polar surface area (TPSA) is 90.0 Å². The fraction of sp³-hybridized carbons (Fsp3) is 0.579. The molecular formula is C19H30N4O4S. The van der Waals surface area contributed by atoms with Gasteiger partial charge in [0.15, 0.2) is 0 Å². The molecule has 0 atom stereocenters. The fourth-order valence-corrected chi connectivity index (χ4v) is 4.17. The number of aryl methyl sites for hydroxylation is 1. The van der Waals surface area contributed by atoms with Crippen LogP contribution in [-0.2, 0) is 14.8 Å². The Kier molecular flexibility index (Phi) is 7.56. The van der Waals surface area contributed by atoms with Gasteiger partial charge in [-0.05, 0) is 31.0 Å². The number of likely N-dealkylation sites (N-methyl/N-ethyl adjacent to an activating group) is 1. The predicted octanol–water partition coefficient (Wildman–Crippen LogP) is 0.529. The summed E-state index contributed by atoms with van der Waals surface area (Å²) in [7, 11) is -0.164. The third kappa shape index (κ3) is 5.52. The van der Waals surface area contributed by atoms with Gasteiger partial charge >= 0.3 is 0 Å². The maximum absolute atomic E-state index is 13.1. The molecule has 0 bridgehead atoms. The van der Waals surface area contributed by atoms with Gasteiger partial charge in [-0.25, -0.2) is 13.1 Å². The van der Waals surface area contributed by atoms with E-state index >= 15 is 0 Å². The molecule has 1 fully saturated rings. The Bertz CT molecular complexity index is 823. The molecule has 1 aliphatic rings. The van der Waals surface area contributed by atoms with E-state index in [-0.39, 0.29) is 23.3 Å². The van der Waals surface area contributed by atoms with Crippen molar-refractivity contribution in [2.45, 2.75) is 25.2 Å². The summed E-state index contributed by atoms with van der Waals surface area (Å²) in [6, 6.07) is 4.63. The van der Waals surface area contributed by atoms with Crippen molar-refractivity contribution in [2.75, 3.05) is 53.4 Å². The highest BCUT2D eigenvalue weighted by Crippen LogP contribution is 2.18. The molecule has 0 unspecified atom stereocenters. The zero-order valence-corrected chi connectivity index (χ0v) is 17.9. The lowest BCUT2D eigenvalue weighted by atomic mass is 10.1. The summed E-state index contributed by atoms with van der Waals surface area (Å²) in [5, 5.41) is 0. The Morgan fingerprint density at radius 3 is 2.50 bits per heavy atom. The number of rotatable bonds is 6. The molecule has 156 valence electrons. The van der Waals surface area contributed by atoms with Crippen molar-refractivity contribution in [3.8, 4) is 0 Å². The molecule has 2 rings (SSSR count). The lowest BCUT2D eigenvalue weighted by molar-refractivity contribution is -0.129. The van der Waals surface area contributed by atoms with Gasteiger partial charge in [-0.1, -0.05) is 13.0 Å². The highest BCUT2D eigenvalue weighted by molar-refractivity contribution is 7.89. The van der Waals surface area contributed by atoms with E-state index in [1.807, 2.05) is 0 Å². The largest absolute Gasteiger partial charge is 0.348 e. The third-order valence-corrected chi connectivity index (χ3v) is 6.36. The minimum atomic E-state index is -3.62. The molecule has 9 heteroatoms. The van der Waals surface area contributed by atoms with Gasteiger partial charge in [-0.3, -0.25) is 14.5 Å². The number of carbonyl (C=O) groups excluding carboxylic acids is 2. The number of nitrogens with zero attached hydrogens (tertiary/aromatic N) is 3. The molecule has 0 aliphatic carbocycles. The highest BCUT2D eigenvalue weighted by atomic mass is 32.2. The molecule has 0 saturated carbocycles. The summed E-state index contributed by atoms with van der Waals surface area (Å²) in [6.45, 7) is 6.57. The lowest BCUT2D eigenvalue weighted by Crippen LogP contribution is -2.39. The SMILES string of the molecule is CCNS(=O)(=O)c1ccc(C)c(C(=O)N2CCCN(CC(=O)N(C)C)CC2)c1. The zero-order valence-electron chi connectivity index (χ0n) is 17.1. The Balaban J connectivity index is 2.14. The molecule has 1 N–H and O–H groups in total. The average molecular weight is 411 g/mol. The molecule has 2 amide bonds. The van der Waals surface area contributed by atoms with E-state index in [1.165, 1.54) is 12.1 Å². The molecule has 0 radical (unpaired) electrons. The molecule has 1 heterocycles. The van der Waals surface area contributed by atoms with Crippen LogP contribution in [0, 0.1) is 6.92 Å². The van der Waals surface area contributed by atoms with Crippen LogP contribution in [0.5, 0.6) is 0 Å². The highest BCUT2D eigenvalue weighted by Gasteiger charge is 2.24. The normalized spacial score (nSPS) is 15.9. The monoisotopic (exact) mass is 410 g/mol. The van der Waals surface area contributed by atoms with Crippen molar-refractivity contribution >= 4 is 21.8 Å². The van der Waals surface area contributed by atoms with Crippen LogP contribution in [0.15, 0.2) is 23.1 Å². The van der Waals surface area contributed by atoms with Crippen LogP contribution in [-0.4, -0.2) is 88.3 Å². The third-order valence-electron chi connectivity index (χ3n) is 4.82. The standard InChI is InChI=1S/C19H30N4O4S/c1-5-20-28(26,27)16-8-7-15(2)17(13-16)19(25)23-10-6-9-22(11-12-23)14-18(24)21(3)4/h7-8,13,20H,5-6,9-12,14H2,1-4H3. The summed E-state index contributed by atoms with van der Waals surface area (Å²) in [4.78, 5) is 30.4. The van der Waals surface area contributed by atoms with Crippen molar-refractivity contribution < 1.29 is 18.0 Å². The van der Waals surface area contributed by atoms with Gasteiger partial charge in [0.25, 0.3) is 5.91 Å². The maximum Gasteiger partial charge on any atom is 0.254 e. The first-order valence-electron chi connectivity index (χ1n) is 9.47. The van der Waals surface area contributed by atoms with Crippen molar-refractivity contribution in [3.63, 3.8) is 0 Å². The quantitative estimate of drug-likeness (QED) is 0.739. The first-order chi connectivity index (χ1) is 13.2. The summed E-state index contributed by atoms with van der Waals surface area (Å²) < 4.78 is 27.0. The van der Waals surface area contributed by atoms with Crippen LogP contribution in [0.1, 0.15) is 29.3 Å². The second-order valence-corrected chi connectivity index (χ2v) is 8.96. The zero-order chi connectivity index (χ0) is 20.9. The molecule has 8 nitrogen and oxygen atoms in total. The molecule has 1 aromatic carbocycles. The first-order valence-corrected chi connectivity index (χ1v) is 11.0. The van der Waals surface area contributed by atoms with Gasteiger partial charge in [0, 0.05) is 52.4 Å². The van der Waals surface area contributed by atoms with Crippen molar-refractivity contribution in [2.24, 2.45) is 0 Å². The number of carbonyl (C=O) groups is 2. The fourth-order valence-electron chi connectivity index (χ4n) is 3.11. The minimum absolute atomic E-state index is 0.0388. The summed E-state index contributed by atoms with van der Waals surface area (Å²) in [5.41, 5.74) is 1.14. The molecule has 0 aromatic heterocycles. The molecule has 1 aliphatic heterocycles.